The maximum Gasteiger partial charge on any atom is 0.241 e. The van der Waals surface area contributed by atoms with Crippen molar-refractivity contribution >= 4 is 10.0 Å². The van der Waals surface area contributed by atoms with Crippen LogP contribution < -0.4 is 9.46 Å². The number of hydrogen-bond donors (Lipinski definition) is 1. The van der Waals surface area contributed by atoms with E-state index in [-0.39, 0.29) is 11.6 Å². The highest BCUT2D eigenvalue weighted by molar-refractivity contribution is 7.89. The SMILES string of the molecule is COc1ccc(S(=O)(=O)N[C@@H]2CCO[C@@]3(CCOC3)C2)c(C)c1. The Kier molecular flexibility index (Phi) is 4.64. The second-order valence-corrected chi connectivity index (χ2v) is 7.96. The van der Waals surface area contributed by atoms with Crippen molar-refractivity contribution in [3.63, 3.8) is 0 Å². The van der Waals surface area contributed by atoms with Gasteiger partial charge in [0.2, 0.25) is 10.0 Å². The number of sulfonamides is 1. The van der Waals surface area contributed by atoms with Crippen molar-refractivity contribution in [2.75, 3.05) is 26.9 Å². The van der Waals surface area contributed by atoms with E-state index in [9.17, 15) is 8.42 Å². The van der Waals surface area contributed by atoms with Gasteiger partial charge in [-0.25, -0.2) is 13.1 Å². The van der Waals surface area contributed by atoms with E-state index in [2.05, 4.69) is 4.72 Å². The summed E-state index contributed by atoms with van der Waals surface area (Å²) in [4.78, 5) is 0.293. The van der Waals surface area contributed by atoms with Crippen LogP contribution in [-0.2, 0) is 19.5 Å². The Morgan fingerprint density at radius 1 is 1.35 bits per heavy atom. The molecule has 1 spiro atoms. The van der Waals surface area contributed by atoms with Crippen LogP contribution in [0.4, 0.5) is 0 Å². The zero-order valence-electron chi connectivity index (χ0n) is 13.5. The van der Waals surface area contributed by atoms with Gasteiger partial charge in [0.1, 0.15) is 5.75 Å². The Morgan fingerprint density at radius 2 is 2.17 bits per heavy atom. The highest BCUT2D eigenvalue weighted by Crippen LogP contribution is 2.33. The Labute approximate surface area is 137 Å². The van der Waals surface area contributed by atoms with Crippen molar-refractivity contribution in [2.45, 2.75) is 42.7 Å². The van der Waals surface area contributed by atoms with Gasteiger partial charge in [-0.1, -0.05) is 0 Å². The molecule has 3 rings (SSSR count). The minimum Gasteiger partial charge on any atom is -0.497 e. The lowest BCUT2D eigenvalue weighted by Gasteiger charge is -2.37. The molecule has 23 heavy (non-hydrogen) atoms. The zero-order valence-corrected chi connectivity index (χ0v) is 14.3. The number of nitrogens with one attached hydrogen (secondary N) is 1. The van der Waals surface area contributed by atoms with Gasteiger partial charge in [0, 0.05) is 25.7 Å². The molecule has 128 valence electrons. The molecule has 2 atom stereocenters. The van der Waals surface area contributed by atoms with E-state index < -0.39 is 10.0 Å². The Balaban J connectivity index is 1.75. The lowest BCUT2D eigenvalue weighted by Crippen LogP contribution is -2.49. The Morgan fingerprint density at radius 3 is 2.83 bits per heavy atom. The zero-order chi connectivity index (χ0) is 16.5. The van der Waals surface area contributed by atoms with Gasteiger partial charge in [-0.3, -0.25) is 0 Å². The molecule has 2 aliphatic heterocycles. The van der Waals surface area contributed by atoms with E-state index in [1.54, 1.807) is 32.2 Å². The Hall–Kier alpha value is -1.15. The monoisotopic (exact) mass is 341 g/mol. The van der Waals surface area contributed by atoms with Gasteiger partial charge in [-0.15, -0.1) is 0 Å². The predicted octanol–water partition coefficient (Wildman–Crippen LogP) is 1.62. The molecule has 0 bridgehead atoms. The lowest BCUT2D eigenvalue weighted by molar-refractivity contribution is -0.0868. The fourth-order valence-electron chi connectivity index (χ4n) is 3.32. The molecule has 0 aliphatic carbocycles. The summed E-state index contributed by atoms with van der Waals surface area (Å²) in [6, 6.07) is 4.85. The molecule has 2 heterocycles. The third-order valence-corrected chi connectivity index (χ3v) is 6.23. The summed E-state index contributed by atoms with van der Waals surface area (Å²) in [7, 11) is -2.00. The summed E-state index contributed by atoms with van der Waals surface area (Å²) in [6.45, 7) is 3.55. The molecule has 1 N–H and O–H groups in total. The molecule has 0 amide bonds. The van der Waals surface area contributed by atoms with Gasteiger partial charge >= 0.3 is 0 Å². The van der Waals surface area contributed by atoms with E-state index in [1.165, 1.54) is 0 Å². The topological polar surface area (TPSA) is 73.9 Å². The highest BCUT2D eigenvalue weighted by atomic mass is 32.2. The van der Waals surface area contributed by atoms with Crippen LogP contribution in [0.2, 0.25) is 0 Å². The van der Waals surface area contributed by atoms with E-state index >= 15 is 0 Å². The average Bonchev–Trinajstić information content (AvgIpc) is 2.94. The van der Waals surface area contributed by atoms with Gasteiger partial charge in [-0.05, 0) is 43.5 Å². The summed E-state index contributed by atoms with van der Waals surface area (Å²) in [5, 5.41) is 0. The highest BCUT2D eigenvalue weighted by Gasteiger charge is 2.42. The third kappa shape index (κ3) is 3.52. The molecule has 0 aromatic heterocycles. The molecule has 6 nitrogen and oxygen atoms in total. The van der Waals surface area contributed by atoms with E-state index in [4.69, 9.17) is 14.2 Å². The molecule has 0 unspecified atom stereocenters. The number of aryl methyl sites for hydroxylation is 1. The van der Waals surface area contributed by atoms with Crippen LogP contribution in [-0.4, -0.2) is 47.0 Å². The molecule has 0 radical (unpaired) electrons. The van der Waals surface area contributed by atoms with Gasteiger partial charge in [0.05, 0.1) is 24.2 Å². The number of ether oxygens (including phenoxy) is 3. The first-order valence-electron chi connectivity index (χ1n) is 7.83. The van der Waals surface area contributed by atoms with Gasteiger partial charge in [-0.2, -0.15) is 0 Å². The van der Waals surface area contributed by atoms with Crippen LogP contribution in [0.1, 0.15) is 24.8 Å². The molecule has 1 aromatic carbocycles. The largest absolute Gasteiger partial charge is 0.497 e. The van der Waals surface area contributed by atoms with Gasteiger partial charge in [0.25, 0.3) is 0 Å². The fraction of sp³-hybridized carbons (Fsp3) is 0.625. The lowest BCUT2D eigenvalue weighted by atomic mass is 9.90. The van der Waals surface area contributed by atoms with E-state index in [0.717, 1.165) is 6.42 Å². The van der Waals surface area contributed by atoms with Gasteiger partial charge < -0.3 is 14.2 Å². The summed E-state index contributed by atoms with van der Waals surface area (Å²) in [5.41, 5.74) is 0.350. The Bertz CT molecular complexity index is 667. The second kappa shape index (κ2) is 6.39. The van der Waals surface area contributed by atoms with Crippen LogP contribution >= 0.6 is 0 Å². The maximum absolute atomic E-state index is 12.7. The summed E-state index contributed by atoms with van der Waals surface area (Å²) < 4.78 is 44.7. The predicted molar refractivity (Wildman–Crippen MR) is 85.2 cm³/mol. The standard InChI is InChI=1S/C16H23NO5S/c1-12-9-14(20-2)3-4-15(12)23(18,19)17-13-5-7-22-16(10-13)6-8-21-11-16/h3-4,9,13,17H,5-8,10-11H2,1-2H3/t13-,16+/m1/s1. The quantitative estimate of drug-likeness (QED) is 0.901. The van der Waals surface area contributed by atoms with Crippen LogP contribution in [0.5, 0.6) is 5.75 Å². The number of methoxy groups -OCH3 is 1. The number of hydrogen-bond acceptors (Lipinski definition) is 5. The first kappa shape index (κ1) is 16.7. The first-order chi connectivity index (χ1) is 10.9. The molecule has 1 aromatic rings. The smallest absolute Gasteiger partial charge is 0.241 e. The van der Waals surface area contributed by atoms with Crippen molar-refractivity contribution in [3.05, 3.63) is 23.8 Å². The van der Waals surface area contributed by atoms with Crippen LogP contribution in [0.3, 0.4) is 0 Å². The summed E-state index contributed by atoms with van der Waals surface area (Å²) in [5.74, 6) is 0.648. The maximum atomic E-state index is 12.7. The van der Waals surface area contributed by atoms with E-state index in [1.807, 2.05) is 0 Å². The van der Waals surface area contributed by atoms with Crippen molar-refractivity contribution in [2.24, 2.45) is 0 Å². The third-order valence-electron chi connectivity index (χ3n) is 4.55. The minimum absolute atomic E-state index is 0.128. The van der Waals surface area contributed by atoms with Crippen LogP contribution in [0.15, 0.2) is 23.1 Å². The number of benzene rings is 1. The molecule has 2 aliphatic rings. The summed E-state index contributed by atoms with van der Waals surface area (Å²) >= 11 is 0. The van der Waals surface area contributed by atoms with Crippen molar-refractivity contribution in [1.29, 1.82) is 0 Å². The van der Waals surface area contributed by atoms with Crippen molar-refractivity contribution < 1.29 is 22.6 Å². The molecular formula is C16H23NO5S. The fourth-order valence-corrected chi connectivity index (χ4v) is 4.82. The summed E-state index contributed by atoms with van der Waals surface area (Å²) in [6.07, 6.45) is 2.16. The van der Waals surface area contributed by atoms with E-state index in [0.29, 0.717) is 48.9 Å². The van der Waals surface area contributed by atoms with Crippen molar-refractivity contribution in [1.82, 2.24) is 4.72 Å². The molecule has 2 fully saturated rings. The average molecular weight is 341 g/mol. The van der Waals surface area contributed by atoms with Crippen LogP contribution in [0.25, 0.3) is 0 Å². The van der Waals surface area contributed by atoms with Gasteiger partial charge in [0.15, 0.2) is 0 Å². The first-order valence-corrected chi connectivity index (χ1v) is 9.31. The second-order valence-electron chi connectivity index (χ2n) is 6.28. The van der Waals surface area contributed by atoms with Crippen LogP contribution in [0, 0.1) is 6.92 Å². The number of rotatable bonds is 4. The molecule has 2 saturated heterocycles. The molecule has 0 saturated carbocycles. The minimum atomic E-state index is -3.56. The molecular weight excluding hydrogens is 318 g/mol. The van der Waals surface area contributed by atoms with Crippen molar-refractivity contribution in [3.8, 4) is 5.75 Å². The normalized spacial score (nSPS) is 28.2. The molecule has 7 heteroatoms.